The van der Waals surface area contributed by atoms with Crippen LogP contribution in [0.5, 0.6) is 0 Å². The van der Waals surface area contributed by atoms with E-state index in [1.807, 2.05) is 39.1 Å². The van der Waals surface area contributed by atoms with Gasteiger partial charge in [0.2, 0.25) is 0 Å². The van der Waals surface area contributed by atoms with Gasteiger partial charge in [-0.1, -0.05) is 12.1 Å². The normalized spacial score (nSPS) is 12.8. The van der Waals surface area contributed by atoms with Crippen LogP contribution in [0.3, 0.4) is 0 Å². The third-order valence-corrected chi connectivity index (χ3v) is 3.54. The van der Waals surface area contributed by atoms with Crippen LogP contribution in [0, 0.1) is 19.7 Å². The van der Waals surface area contributed by atoms with E-state index in [4.69, 9.17) is 4.42 Å². The van der Waals surface area contributed by atoms with Crippen molar-refractivity contribution in [2.45, 2.75) is 19.9 Å². The molecule has 1 unspecified atom stereocenters. The number of furan rings is 1. The molecule has 0 saturated carbocycles. The van der Waals surface area contributed by atoms with Crippen LogP contribution in [-0.2, 0) is 0 Å². The number of nitrogens with one attached hydrogen (secondary N) is 1. The van der Waals surface area contributed by atoms with E-state index in [1.54, 1.807) is 6.07 Å². The van der Waals surface area contributed by atoms with E-state index in [0.29, 0.717) is 5.76 Å². The number of aryl methyl sites for hydroxylation is 2. The van der Waals surface area contributed by atoms with Crippen LogP contribution in [0.4, 0.5) is 4.39 Å². The fourth-order valence-electron chi connectivity index (χ4n) is 2.50. The molecular formula is C16H16FN3O. The molecule has 0 radical (unpaired) electrons. The summed E-state index contributed by atoms with van der Waals surface area (Å²) in [7, 11) is 1.84. The Hall–Kier alpha value is -2.27. The fourth-order valence-corrected chi connectivity index (χ4v) is 2.50. The largest absolute Gasteiger partial charge is 0.456 e. The minimum Gasteiger partial charge on any atom is -0.456 e. The van der Waals surface area contributed by atoms with Crippen molar-refractivity contribution in [2.75, 3.05) is 7.05 Å². The lowest BCUT2D eigenvalue weighted by molar-refractivity contribution is 0.474. The van der Waals surface area contributed by atoms with Crippen LogP contribution < -0.4 is 5.32 Å². The smallest absolute Gasteiger partial charge is 0.169 e. The zero-order chi connectivity index (χ0) is 15.0. The SMILES string of the molecule is CNC(c1cc2cccc(F)c2o1)c1cc(C)nnc1C. The molecule has 0 fully saturated rings. The standard InChI is InChI=1S/C16H16FN3O/c1-9-7-12(10(2)20-19-9)15(18-3)14-8-11-5-4-6-13(17)16(11)21-14/h4-8,15,18H,1-3H3. The predicted octanol–water partition coefficient (Wildman–Crippen LogP) is 3.29. The predicted molar refractivity (Wildman–Crippen MR) is 78.6 cm³/mol. The number of para-hydroxylation sites is 1. The van der Waals surface area contributed by atoms with Crippen LogP contribution in [0.15, 0.2) is 34.7 Å². The van der Waals surface area contributed by atoms with Gasteiger partial charge in [0.25, 0.3) is 0 Å². The second-order valence-corrected chi connectivity index (χ2v) is 5.06. The monoisotopic (exact) mass is 285 g/mol. The second kappa shape index (κ2) is 5.26. The third kappa shape index (κ3) is 2.40. The van der Waals surface area contributed by atoms with Crippen molar-refractivity contribution in [3.63, 3.8) is 0 Å². The summed E-state index contributed by atoms with van der Waals surface area (Å²) in [6, 6.07) is 8.54. The van der Waals surface area contributed by atoms with E-state index in [-0.39, 0.29) is 17.4 Å². The van der Waals surface area contributed by atoms with E-state index >= 15 is 0 Å². The van der Waals surface area contributed by atoms with Gasteiger partial charge < -0.3 is 9.73 Å². The van der Waals surface area contributed by atoms with E-state index in [2.05, 4.69) is 15.5 Å². The molecule has 21 heavy (non-hydrogen) atoms. The third-order valence-electron chi connectivity index (χ3n) is 3.54. The van der Waals surface area contributed by atoms with Crippen molar-refractivity contribution in [2.24, 2.45) is 0 Å². The molecule has 0 aliphatic rings. The number of rotatable bonds is 3. The molecule has 1 N–H and O–H groups in total. The van der Waals surface area contributed by atoms with Crippen LogP contribution >= 0.6 is 0 Å². The van der Waals surface area contributed by atoms with E-state index < -0.39 is 0 Å². The molecule has 0 aliphatic carbocycles. The van der Waals surface area contributed by atoms with Gasteiger partial charge in [-0.2, -0.15) is 10.2 Å². The summed E-state index contributed by atoms with van der Waals surface area (Å²) in [6.45, 7) is 3.79. The van der Waals surface area contributed by atoms with Gasteiger partial charge in [-0.15, -0.1) is 0 Å². The summed E-state index contributed by atoms with van der Waals surface area (Å²) in [4.78, 5) is 0. The summed E-state index contributed by atoms with van der Waals surface area (Å²) in [5.74, 6) is 0.308. The summed E-state index contributed by atoms with van der Waals surface area (Å²) in [5, 5.41) is 12.1. The van der Waals surface area contributed by atoms with Gasteiger partial charge in [-0.3, -0.25) is 0 Å². The highest BCUT2D eigenvalue weighted by atomic mass is 19.1. The van der Waals surface area contributed by atoms with Crippen LogP contribution in [-0.4, -0.2) is 17.2 Å². The molecule has 3 rings (SSSR count). The highest BCUT2D eigenvalue weighted by Crippen LogP contribution is 2.30. The Morgan fingerprint density at radius 2 is 2.00 bits per heavy atom. The zero-order valence-corrected chi connectivity index (χ0v) is 12.1. The first-order valence-corrected chi connectivity index (χ1v) is 6.76. The number of fused-ring (bicyclic) bond motifs is 1. The lowest BCUT2D eigenvalue weighted by Crippen LogP contribution is -2.19. The Morgan fingerprint density at radius 3 is 2.71 bits per heavy atom. The molecule has 0 amide bonds. The van der Waals surface area contributed by atoms with E-state index in [1.165, 1.54) is 6.07 Å². The minimum atomic E-state index is -0.352. The molecule has 5 heteroatoms. The van der Waals surface area contributed by atoms with Crippen molar-refractivity contribution < 1.29 is 8.81 Å². The van der Waals surface area contributed by atoms with Gasteiger partial charge in [0.15, 0.2) is 11.4 Å². The summed E-state index contributed by atoms with van der Waals surface area (Å²) in [5.41, 5.74) is 2.91. The molecule has 0 aliphatic heterocycles. The average molecular weight is 285 g/mol. The molecule has 2 heterocycles. The summed E-state index contributed by atoms with van der Waals surface area (Å²) in [6.07, 6.45) is 0. The molecule has 1 aromatic carbocycles. The first-order valence-electron chi connectivity index (χ1n) is 6.76. The quantitative estimate of drug-likeness (QED) is 0.802. The molecule has 0 saturated heterocycles. The second-order valence-electron chi connectivity index (χ2n) is 5.06. The first-order chi connectivity index (χ1) is 10.1. The Morgan fingerprint density at radius 1 is 1.19 bits per heavy atom. The maximum absolute atomic E-state index is 13.8. The Labute approximate surface area is 122 Å². The topological polar surface area (TPSA) is 51.0 Å². The first kappa shape index (κ1) is 13.7. The fraction of sp³-hybridized carbons (Fsp3) is 0.250. The van der Waals surface area contributed by atoms with Gasteiger partial charge in [-0.25, -0.2) is 4.39 Å². The number of aromatic nitrogens is 2. The number of halogens is 1. The highest BCUT2D eigenvalue weighted by Gasteiger charge is 2.20. The van der Waals surface area contributed by atoms with Crippen molar-refractivity contribution in [1.82, 2.24) is 15.5 Å². The molecule has 1 atom stereocenters. The number of hydrogen-bond donors (Lipinski definition) is 1. The van der Waals surface area contributed by atoms with Crippen LogP contribution in [0.25, 0.3) is 11.0 Å². The summed E-state index contributed by atoms with van der Waals surface area (Å²) >= 11 is 0. The van der Waals surface area contributed by atoms with Gasteiger partial charge in [0.05, 0.1) is 17.4 Å². The lowest BCUT2D eigenvalue weighted by atomic mass is 10.0. The minimum absolute atomic E-state index is 0.189. The van der Waals surface area contributed by atoms with Gasteiger partial charge >= 0.3 is 0 Å². The average Bonchev–Trinajstić information content (AvgIpc) is 2.89. The number of nitrogens with zero attached hydrogens (tertiary/aromatic N) is 2. The number of hydrogen-bond acceptors (Lipinski definition) is 4. The molecule has 2 aromatic heterocycles. The Bertz CT molecular complexity index is 797. The molecule has 0 bridgehead atoms. The van der Waals surface area contributed by atoms with E-state index in [0.717, 1.165) is 22.3 Å². The summed E-state index contributed by atoms with van der Waals surface area (Å²) < 4.78 is 19.5. The molecule has 4 nitrogen and oxygen atoms in total. The lowest BCUT2D eigenvalue weighted by Gasteiger charge is -2.15. The molecule has 108 valence electrons. The molecule has 0 spiro atoms. The van der Waals surface area contributed by atoms with Crippen molar-refractivity contribution >= 4 is 11.0 Å². The van der Waals surface area contributed by atoms with E-state index in [9.17, 15) is 4.39 Å². The molecular weight excluding hydrogens is 269 g/mol. The molecule has 3 aromatic rings. The van der Waals surface area contributed by atoms with Gasteiger partial charge in [0, 0.05) is 10.9 Å². The zero-order valence-electron chi connectivity index (χ0n) is 12.1. The van der Waals surface area contributed by atoms with Crippen molar-refractivity contribution in [3.8, 4) is 0 Å². The Kier molecular flexibility index (Phi) is 3.43. The maximum Gasteiger partial charge on any atom is 0.169 e. The number of benzene rings is 1. The van der Waals surface area contributed by atoms with Gasteiger partial charge in [0.1, 0.15) is 5.76 Å². The maximum atomic E-state index is 13.8. The Balaban J connectivity index is 2.13. The highest BCUT2D eigenvalue weighted by molar-refractivity contribution is 5.78. The van der Waals surface area contributed by atoms with Gasteiger partial charge in [-0.05, 0) is 39.1 Å². The van der Waals surface area contributed by atoms with Crippen LogP contribution in [0.2, 0.25) is 0 Å². The van der Waals surface area contributed by atoms with Crippen molar-refractivity contribution in [1.29, 1.82) is 0 Å². The van der Waals surface area contributed by atoms with Crippen molar-refractivity contribution in [3.05, 3.63) is 58.9 Å². The van der Waals surface area contributed by atoms with Crippen LogP contribution in [0.1, 0.15) is 28.8 Å².